The summed E-state index contributed by atoms with van der Waals surface area (Å²) in [6, 6.07) is 11.3. The Labute approximate surface area is 126 Å². The molecular weight excluding hydrogens is 290 g/mol. The van der Waals surface area contributed by atoms with Crippen LogP contribution in [0.15, 0.2) is 47.8 Å². The van der Waals surface area contributed by atoms with Crippen molar-refractivity contribution in [1.29, 1.82) is 0 Å². The first-order valence-electron chi connectivity index (χ1n) is 6.28. The van der Waals surface area contributed by atoms with Crippen molar-refractivity contribution in [2.45, 2.75) is 12.1 Å². The van der Waals surface area contributed by atoms with Gasteiger partial charge in [-0.25, -0.2) is 4.79 Å². The van der Waals surface area contributed by atoms with Crippen LogP contribution in [0.3, 0.4) is 0 Å². The van der Waals surface area contributed by atoms with Crippen molar-refractivity contribution in [3.63, 3.8) is 0 Å². The Hall–Kier alpha value is -2.18. The molecule has 2 rings (SSSR count). The summed E-state index contributed by atoms with van der Waals surface area (Å²) in [6.45, 7) is 0. The Bertz CT molecular complexity index is 597. The van der Waals surface area contributed by atoms with Gasteiger partial charge in [0.15, 0.2) is 12.1 Å². The molecule has 0 saturated carbocycles. The van der Waals surface area contributed by atoms with Crippen LogP contribution in [0.2, 0.25) is 0 Å². The van der Waals surface area contributed by atoms with Gasteiger partial charge in [-0.3, -0.25) is 4.79 Å². The number of hydrogen-bond acceptors (Lipinski definition) is 4. The van der Waals surface area contributed by atoms with Gasteiger partial charge in [0.1, 0.15) is 0 Å². The maximum atomic E-state index is 12.3. The highest BCUT2D eigenvalue weighted by Crippen LogP contribution is 2.22. The summed E-state index contributed by atoms with van der Waals surface area (Å²) in [5.74, 6) is -1.58. The van der Waals surface area contributed by atoms with Crippen molar-refractivity contribution in [2.75, 3.05) is 7.11 Å². The highest BCUT2D eigenvalue weighted by molar-refractivity contribution is 7.10. The van der Waals surface area contributed by atoms with E-state index in [1.807, 2.05) is 6.07 Å². The van der Waals surface area contributed by atoms with Crippen LogP contribution in [-0.2, 0) is 14.3 Å². The summed E-state index contributed by atoms with van der Waals surface area (Å²) in [5, 5.41) is 13.6. The van der Waals surface area contributed by atoms with Crippen molar-refractivity contribution in [1.82, 2.24) is 5.32 Å². The number of carbonyl (C=O) groups is 2. The lowest BCUT2D eigenvalue weighted by molar-refractivity contribution is -0.144. The van der Waals surface area contributed by atoms with Gasteiger partial charge in [0.05, 0.1) is 0 Å². The van der Waals surface area contributed by atoms with Crippen LogP contribution in [0.1, 0.15) is 22.6 Å². The molecule has 0 spiro atoms. The SMILES string of the molecule is COC(C(=O)NC(C(=O)O)c1cccs1)c1ccccc1. The van der Waals surface area contributed by atoms with Crippen molar-refractivity contribution in [3.8, 4) is 0 Å². The molecule has 0 saturated heterocycles. The van der Waals surface area contributed by atoms with Gasteiger partial charge in [-0.2, -0.15) is 0 Å². The van der Waals surface area contributed by atoms with Crippen LogP contribution in [0.25, 0.3) is 0 Å². The molecule has 21 heavy (non-hydrogen) atoms. The van der Waals surface area contributed by atoms with Gasteiger partial charge < -0.3 is 15.2 Å². The number of carboxylic acids is 1. The largest absolute Gasteiger partial charge is 0.479 e. The number of aliphatic carboxylic acids is 1. The zero-order valence-corrected chi connectivity index (χ0v) is 12.2. The molecule has 0 radical (unpaired) electrons. The number of methoxy groups -OCH3 is 1. The van der Waals surface area contributed by atoms with E-state index in [0.29, 0.717) is 10.4 Å². The van der Waals surface area contributed by atoms with Crippen molar-refractivity contribution in [3.05, 3.63) is 58.3 Å². The van der Waals surface area contributed by atoms with E-state index in [-0.39, 0.29) is 0 Å². The first kappa shape index (κ1) is 15.2. The number of rotatable bonds is 6. The molecule has 0 fully saturated rings. The lowest BCUT2D eigenvalue weighted by Gasteiger charge is -2.19. The molecule has 2 N–H and O–H groups in total. The van der Waals surface area contributed by atoms with E-state index in [1.54, 1.807) is 41.8 Å². The van der Waals surface area contributed by atoms with E-state index in [0.717, 1.165) is 0 Å². The molecule has 1 amide bonds. The van der Waals surface area contributed by atoms with Gasteiger partial charge in [-0.15, -0.1) is 11.3 Å². The molecule has 0 aliphatic heterocycles. The predicted molar refractivity (Wildman–Crippen MR) is 79.0 cm³/mol. The molecule has 6 heteroatoms. The lowest BCUT2D eigenvalue weighted by Crippen LogP contribution is -2.37. The number of ether oxygens (including phenoxy) is 1. The molecular formula is C15H15NO4S. The van der Waals surface area contributed by atoms with Crippen LogP contribution < -0.4 is 5.32 Å². The van der Waals surface area contributed by atoms with Crippen LogP contribution in [0, 0.1) is 0 Å². The van der Waals surface area contributed by atoms with Gasteiger partial charge in [0.2, 0.25) is 0 Å². The predicted octanol–water partition coefficient (Wildman–Crippen LogP) is 2.38. The molecule has 110 valence electrons. The minimum atomic E-state index is -1.10. The summed E-state index contributed by atoms with van der Waals surface area (Å²) in [5.41, 5.74) is 0.674. The summed E-state index contributed by atoms with van der Waals surface area (Å²) in [4.78, 5) is 24.2. The van der Waals surface area contributed by atoms with Gasteiger partial charge in [0, 0.05) is 12.0 Å². The van der Waals surface area contributed by atoms with Gasteiger partial charge >= 0.3 is 5.97 Å². The third-order valence-electron chi connectivity index (χ3n) is 2.94. The van der Waals surface area contributed by atoms with E-state index in [2.05, 4.69) is 5.32 Å². The number of thiophene rings is 1. The third-order valence-corrected chi connectivity index (χ3v) is 3.87. The molecule has 0 bridgehead atoms. The van der Waals surface area contributed by atoms with Crippen molar-refractivity contribution in [2.24, 2.45) is 0 Å². The Kier molecular flexibility index (Phi) is 5.08. The van der Waals surface area contributed by atoms with Crippen molar-refractivity contribution < 1.29 is 19.4 Å². The van der Waals surface area contributed by atoms with E-state index in [9.17, 15) is 14.7 Å². The maximum absolute atomic E-state index is 12.3. The van der Waals surface area contributed by atoms with Crippen LogP contribution >= 0.6 is 11.3 Å². The summed E-state index contributed by atoms with van der Waals surface area (Å²) in [7, 11) is 1.41. The Morgan fingerprint density at radius 3 is 2.43 bits per heavy atom. The summed E-state index contributed by atoms with van der Waals surface area (Å²) >= 11 is 1.28. The molecule has 0 aliphatic carbocycles. The van der Waals surface area contributed by atoms with Crippen LogP contribution in [0.4, 0.5) is 0 Å². The fourth-order valence-corrected chi connectivity index (χ4v) is 2.72. The Balaban J connectivity index is 2.16. The fourth-order valence-electron chi connectivity index (χ4n) is 1.95. The quantitative estimate of drug-likeness (QED) is 0.859. The monoisotopic (exact) mass is 305 g/mol. The average Bonchev–Trinajstić information content (AvgIpc) is 3.00. The number of hydrogen-bond donors (Lipinski definition) is 2. The van der Waals surface area contributed by atoms with Gasteiger partial charge in [-0.05, 0) is 17.0 Å². The number of carboxylic acid groups (broad SMARTS) is 1. The first-order chi connectivity index (χ1) is 10.1. The molecule has 1 aromatic carbocycles. The van der Waals surface area contributed by atoms with Gasteiger partial charge in [0.25, 0.3) is 5.91 Å². The number of benzene rings is 1. The zero-order valence-electron chi connectivity index (χ0n) is 11.4. The lowest BCUT2D eigenvalue weighted by atomic mass is 10.1. The average molecular weight is 305 g/mol. The van der Waals surface area contributed by atoms with Crippen LogP contribution in [0.5, 0.6) is 0 Å². The van der Waals surface area contributed by atoms with E-state index in [4.69, 9.17) is 4.74 Å². The molecule has 1 heterocycles. The Morgan fingerprint density at radius 2 is 1.90 bits per heavy atom. The topological polar surface area (TPSA) is 75.6 Å². The molecule has 2 atom stereocenters. The second-order valence-electron chi connectivity index (χ2n) is 4.32. The standard InChI is InChI=1S/C15H15NO4S/c1-20-13(10-6-3-2-4-7-10)14(17)16-12(15(18)19)11-8-5-9-21-11/h2-9,12-13H,1H3,(H,16,17)(H,18,19). The van der Waals surface area contributed by atoms with Crippen molar-refractivity contribution >= 4 is 23.2 Å². The highest BCUT2D eigenvalue weighted by atomic mass is 32.1. The second kappa shape index (κ2) is 7.01. The summed E-state index contributed by atoms with van der Waals surface area (Å²) < 4.78 is 5.19. The van der Waals surface area contributed by atoms with Gasteiger partial charge in [-0.1, -0.05) is 36.4 Å². The first-order valence-corrected chi connectivity index (χ1v) is 7.15. The number of nitrogens with one attached hydrogen (secondary N) is 1. The molecule has 5 nitrogen and oxygen atoms in total. The minimum absolute atomic E-state index is 0.482. The van der Waals surface area contributed by atoms with Crippen LogP contribution in [-0.4, -0.2) is 24.1 Å². The minimum Gasteiger partial charge on any atom is -0.479 e. The molecule has 2 aromatic rings. The molecule has 2 unspecified atom stereocenters. The highest BCUT2D eigenvalue weighted by Gasteiger charge is 2.27. The maximum Gasteiger partial charge on any atom is 0.331 e. The second-order valence-corrected chi connectivity index (χ2v) is 5.30. The van der Waals surface area contributed by atoms with E-state index < -0.39 is 24.0 Å². The number of amides is 1. The normalized spacial score (nSPS) is 13.4. The van der Waals surface area contributed by atoms with E-state index in [1.165, 1.54) is 18.4 Å². The summed E-state index contributed by atoms with van der Waals surface area (Å²) in [6.07, 6.45) is -0.840. The number of carbonyl (C=O) groups excluding carboxylic acids is 1. The van der Waals surface area contributed by atoms with E-state index >= 15 is 0 Å². The smallest absolute Gasteiger partial charge is 0.331 e. The zero-order chi connectivity index (χ0) is 15.2. The fraction of sp³-hybridized carbons (Fsp3) is 0.200. The molecule has 1 aromatic heterocycles. The third kappa shape index (κ3) is 3.68. The Morgan fingerprint density at radius 1 is 1.19 bits per heavy atom. The molecule has 0 aliphatic rings.